The number of carboxylic acid groups (broad SMARTS) is 1. The van der Waals surface area contributed by atoms with Gasteiger partial charge < -0.3 is 10.4 Å². The molecular formula is C15H23NO3. The lowest BCUT2D eigenvalue weighted by molar-refractivity contribution is -0.147. The maximum Gasteiger partial charge on any atom is 0.307 e. The fourth-order valence-corrected chi connectivity index (χ4v) is 3.09. The average molecular weight is 265 g/mol. The number of hydrogen-bond acceptors (Lipinski definition) is 2. The molecule has 4 atom stereocenters. The third-order valence-electron chi connectivity index (χ3n) is 4.75. The van der Waals surface area contributed by atoms with E-state index in [9.17, 15) is 14.7 Å². The van der Waals surface area contributed by atoms with Crippen LogP contribution in [0.1, 0.15) is 33.6 Å². The minimum absolute atomic E-state index is 0.0393. The first-order chi connectivity index (χ1) is 8.85. The van der Waals surface area contributed by atoms with E-state index in [1.165, 1.54) is 0 Å². The molecule has 2 aliphatic rings. The van der Waals surface area contributed by atoms with Gasteiger partial charge >= 0.3 is 5.97 Å². The van der Waals surface area contributed by atoms with Crippen molar-refractivity contribution in [2.45, 2.75) is 33.6 Å². The molecular weight excluding hydrogens is 242 g/mol. The van der Waals surface area contributed by atoms with Gasteiger partial charge in [-0.05, 0) is 30.1 Å². The zero-order chi connectivity index (χ0) is 14.2. The van der Waals surface area contributed by atoms with Crippen LogP contribution in [0.25, 0.3) is 0 Å². The Hall–Kier alpha value is -1.32. The van der Waals surface area contributed by atoms with E-state index >= 15 is 0 Å². The monoisotopic (exact) mass is 265 g/mol. The number of nitrogens with one attached hydrogen (secondary N) is 1. The summed E-state index contributed by atoms with van der Waals surface area (Å²) < 4.78 is 0. The Morgan fingerprint density at radius 1 is 1.26 bits per heavy atom. The van der Waals surface area contributed by atoms with Gasteiger partial charge in [0.2, 0.25) is 5.91 Å². The summed E-state index contributed by atoms with van der Waals surface area (Å²) in [6.45, 7) is 6.89. The van der Waals surface area contributed by atoms with Crippen molar-refractivity contribution in [1.29, 1.82) is 0 Å². The number of carbonyl (C=O) groups excluding carboxylic acids is 1. The van der Waals surface area contributed by atoms with Gasteiger partial charge in [-0.2, -0.15) is 0 Å². The van der Waals surface area contributed by atoms with E-state index in [4.69, 9.17) is 0 Å². The molecule has 2 bridgehead atoms. The van der Waals surface area contributed by atoms with E-state index in [1.54, 1.807) is 0 Å². The third-order valence-corrected chi connectivity index (χ3v) is 4.75. The van der Waals surface area contributed by atoms with Crippen LogP contribution >= 0.6 is 0 Å². The molecule has 0 spiro atoms. The Balaban J connectivity index is 2.02. The lowest BCUT2D eigenvalue weighted by Crippen LogP contribution is -2.43. The van der Waals surface area contributed by atoms with Crippen LogP contribution in [0.15, 0.2) is 12.2 Å². The summed E-state index contributed by atoms with van der Waals surface area (Å²) in [5.41, 5.74) is 0.0574. The van der Waals surface area contributed by atoms with E-state index < -0.39 is 11.9 Å². The maximum absolute atomic E-state index is 12.3. The summed E-state index contributed by atoms with van der Waals surface area (Å²) >= 11 is 0. The minimum atomic E-state index is -0.841. The van der Waals surface area contributed by atoms with E-state index in [1.807, 2.05) is 12.2 Å². The van der Waals surface area contributed by atoms with Gasteiger partial charge in [0, 0.05) is 6.54 Å². The molecule has 2 unspecified atom stereocenters. The Kier molecular flexibility index (Phi) is 3.70. The predicted molar refractivity (Wildman–Crippen MR) is 72.4 cm³/mol. The van der Waals surface area contributed by atoms with Crippen LogP contribution in [0.2, 0.25) is 0 Å². The number of amides is 1. The van der Waals surface area contributed by atoms with Gasteiger partial charge in [-0.25, -0.2) is 0 Å². The number of fused-ring (bicyclic) bond motifs is 2. The molecule has 1 fully saturated rings. The van der Waals surface area contributed by atoms with Crippen molar-refractivity contribution in [3.63, 3.8) is 0 Å². The highest BCUT2D eigenvalue weighted by Crippen LogP contribution is 2.48. The lowest BCUT2D eigenvalue weighted by Gasteiger charge is -2.27. The van der Waals surface area contributed by atoms with E-state index in [0.29, 0.717) is 6.54 Å². The fraction of sp³-hybridized carbons (Fsp3) is 0.733. The molecule has 1 amide bonds. The second kappa shape index (κ2) is 4.99. The molecule has 2 N–H and O–H groups in total. The van der Waals surface area contributed by atoms with Gasteiger partial charge in [-0.15, -0.1) is 0 Å². The summed E-state index contributed by atoms with van der Waals surface area (Å²) in [4.78, 5) is 23.7. The highest BCUT2D eigenvalue weighted by Gasteiger charge is 2.51. The predicted octanol–water partition coefficient (Wildman–Crippen LogP) is 2.06. The summed E-state index contributed by atoms with van der Waals surface area (Å²) in [5, 5.41) is 12.3. The number of carbonyl (C=O) groups is 2. The molecule has 19 heavy (non-hydrogen) atoms. The van der Waals surface area contributed by atoms with Gasteiger partial charge in [0.25, 0.3) is 0 Å². The SMILES string of the molecule is CCC(C)(C)CNC(=O)[C@H]1C2C=CC(C2)[C@H]1C(=O)O. The smallest absolute Gasteiger partial charge is 0.307 e. The van der Waals surface area contributed by atoms with Crippen LogP contribution in [0.4, 0.5) is 0 Å². The summed E-state index contributed by atoms with van der Waals surface area (Å²) in [6, 6.07) is 0. The molecule has 0 aliphatic heterocycles. The number of hydrogen-bond donors (Lipinski definition) is 2. The van der Waals surface area contributed by atoms with Gasteiger partial charge in [0.15, 0.2) is 0 Å². The molecule has 0 radical (unpaired) electrons. The van der Waals surface area contributed by atoms with E-state index in [0.717, 1.165) is 12.8 Å². The summed E-state index contributed by atoms with van der Waals surface area (Å²) in [5.74, 6) is -1.72. The first-order valence-corrected chi connectivity index (χ1v) is 7.04. The van der Waals surface area contributed by atoms with Crippen LogP contribution in [-0.4, -0.2) is 23.5 Å². The van der Waals surface area contributed by atoms with E-state index in [-0.39, 0.29) is 29.1 Å². The van der Waals surface area contributed by atoms with Crippen molar-refractivity contribution in [3.8, 4) is 0 Å². The van der Waals surface area contributed by atoms with Gasteiger partial charge in [0.05, 0.1) is 11.8 Å². The fourth-order valence-electron chi connectivity index (χ4n) is 3.09. The summed E-state index contributed by atoms with van der Waals surface area (Å²) in [6.07, 6.45) is 5.76. The number of rotatable bonds is 5. The van der Waals surface area contributed by atoms with Gasteiger partial charge in [-0.3, -0.25) is 9.59 Å². The van der Waals surface area contributed by atoms with Gasteiger partial charge in [0.1, 0.15) is 0 Å². The van der Waals surface area contributed by atoms with Crippen molar-refractivity contribution in [2.75, 3.05) is 6.54 Å². The third kappa shape index (κ3) is 2.67. The molecule has 4 heteroatoms. The van der Waals surface area contributed by atoms with Crippen LogP contribution in [0.3, 0.4) is 0 Å². The zero-order valence-corrected chi connectivity index (χ0v) is 11.8. The first kappa shape index (κ1) is 14.1. The largest absolute Gasteiger partial charge is 0.481 e. The standard InChI is InChI=1S/C15H23NO3/c1-4-15(2,3)8-16-13(17)11-9-5-6-10(7-9)12(11)14(18)19/h5-6,9-12H,4,7-8H2,1-3H3,(H,16,17)(H,18,19)/t9?,10?,11-,12+/m0/s1. The highest BCUT2D eigenvalue weighted by molar-refractivity contribution is 5.86. The Labute approximate surface area is 114 Å². The lowest BCUT2D eigenvalue weighted by atomic mass is 9.82. The van der Waals surface area contributed by atoms with Crippen molar-refractivity contribution in [2.24, 2.45) is 29.1 Å². The van der Waals surface area contributed by atoms with Gasteiger partial charge in [-0.1, -0.05) is 32.9 Å². The van der Waals surface area contributed by atoms with Crippen LogP contribution in [-0.2, 0) is 9.59 Å². The normalized spacial score (nSPS) is 32.6. The zero-order valence-electron chi connectivity index (χ0n) is 11.8. The molecule has 4 nitrogen and oxygen atoms in total. The molecule has 0 aromatic heterocycles. The number of carboxylic acids is 1. The van der Waals surface area contributed by atoms with Crippen molar-refractivity contribution in [1.82, 2.24) is 5.32 Å². The van der Waals surface area contributed by atoms with E-state index in [2.05, 4.69) is 26.1 Å². The maximum atomic E-state index is 12.3. The molecule has 2 rings (SSSR count). The molecule has 0 aromatic carbocycles. The molecule has 106 valence electrons. The first-order valence-electron chi connectivity index (χ1n) is 7.04. The summed E-state index contributed by atoms with van der Waals surface area (Å²) in [7, 11) is 0. The van der Waals surface area contributed by atoms with Crippen LogP contribution in [0.5, 0.6) is 0 Å². The molecule has 0 aromatic rings. The van der Waals surface area contributed by atoms with Crippen molar-refractivity contribution in [3.05, 3.63) is 12.2 Å². The Bertz CT molecular complexity index is 414. The van der Waals surface area contributed by atoms with Crippen molar-refractivity contribution < 1.29 is 14.7 Å². The van der Waals surface area contributed by atoms with Crippen LogP contribution < -0.4 is 5.32 Å². The molecule has 1 saturated carbocycles. The average Bonchev–Trinajstić information content (AvgIpc) is 2.95. The van der Waals surface area contributed by atoms with Crippen LogP contribution in [0, 0.1) is 29.1 Å². The second-order valence-corrected chi connectivity index (χ2v) is 6.57. The highest BCUT2D eigenvalue weighted by atomic mass is 16.4. The number of allylic oxidation sites excluding steroid dienone is 2. The molecule has 0 heterocycles. The topological polar surface area (TPSA) is 66.4 Å². The second-order valence-electron chi connectivity index (χ2n) is 6.57. The Morgan fingerprint density at radius 2 is 1.84 bits per heavy atom. The molecule has 0 saturated heterocycles. The Morgan fingerprint density at radius 3 is 2.37 bits per heavy atom. The van der Waals surface area contributed by atoms with Crippen molar-refractivity contribution >= 4 is 11.9 Å². The minimum Gasteiger partial charge on any atom is -0.481 e. The molecule has 2 aliphatic carbocycles. The quantitative estimate of drug-likeness (QED) is 0.748. The number of aliphatic carboxylic acids is 1.